The first-order valence-corrected chi connectivity index (χ1v) is 10.7. The van der Waals surface area contributed by atoms with Gasteiger partial charge in [0.25, 0.3) is 15.7 Å². The second-order valence-corrected chi connectivity index (χ2v) is 8.75. The lowest BCUT2D eigenvalue weighted by atomic mass is 10.0. The van der Waals surface area contributed by atoms with Gasteiger partial charge >= 0.3 is 5.51 Å². The molecule has 0 bridgehead atoms. The van der Waals surface area contributed by atoms with Crippen molar-refractivity contribution in [1.29, 1.82) is 0 Å². The van der Waals surface area contributed by atoms with E-state index in [1.807, 2.05) is 18.2 Å². The lowest BCUT2D eigenvalue weighted by Crippen LogP contribution is -2.23. The molecule has 0 aliphatic heterocycles. The number of benzene rings is 3. The number of nitrogens with zero attached hydrogens (tertiary/aromatic N) is 1. The molecule has 32 heavy (non-hydrogen) atoms. The Morgan fingerprint density at radius 2 is 1.72 bits per heavy atom. The molecule has 3 aromatic carbocycles. The lowest BCUT2D eigenvalue weighted by molar-refractivity contribution is -0.0436. The standard InChI is InChI=1S/C22H15F3N2O4S/c1-31-19-9-8-14(32(29,30)22(23,24)25)12-18(19)27-21(28)17-11-13-5-2-3-6-15(13)16-7-4-10-26-20(16)17/h2-12H,1H3,(H,27,28). The van der Waals surface area contributed by atoms with Gasteiger partial charge in [0.15, 0.2) is 0 Å². The average Bonchev–Trinajstić information content (AvgIpc) is 2.77. The summed E-state index contributed by atoms with van der Waals surface area (Å²) >= 11 is 0. The number of amides is 1. The molecule has 1 aromatic heterocycles. The fourth-order valence-corrected chi connectivity index (χ4v) is 4.17. The van der Waals surface area contributed by atoms with Crippen LogP contribution in [0.25, 0.3) is 21.7 Å². The van der Waals surface area contributed by atoms with Crippen molar-refractivity contribution >= 4 is 43.1 Å². The Kier molecular flexibility index (Phi) is 5.25. The van der Waals surface area contributed by atoms with E-state index in [2.05, 4.69) is 10.3 Å². The van der Waals surface area contributed by atoms with E-state index in [-0.39, 0.29) is 17.0 Å². The summed E-state index contributed by atoms with van der Waals surface area (Å²) in [6.45, 7) is 0. The molecule has 0 saturated heterocycles. The van der Waals surface area contributed by atoms with Crippen LogP contribution >= 0.6 is 0 Å². The van der Waals surface area contributed by atoms with Gasteiger partial charge in [0.1, 0.15) is 5.75 Å². The van der Waals surface area contributed by atoms with Gasteiger partial charge in [-0.05, 0) is 41.1 Å². The fraction of sp³-hybridized carbons (Fsp3) is 0.0909. The van der Waals surface area contributed by atoms with E-state index < -0.39 is 26.1 Å². The third kappa shape index (κ3) is 3.62. The Balaban J connectivity index is 1.82. The number of rotatable bonds is 4. The zero-order valence-electron chi connectivity index (χ0n) is 16.5. The second-order valence-electron chi connectivity index (χ2n) is 6.81. The predicted octanol–water partition coefficient (Wildman–Crippen LogP) is 4.94. The highest BCUT2D eigenvalue weighted by molar-refractivity contribution is 7.92. The molecule has 4 rings (SSSR count). The number of ether oxygens (including phenoxy) is 1. The Bertz CT molecular complexity index is 1470. The van der Waals surface area contributed by atoms with Crippen molar-refractivity contribution in [3.8, 4) is 5.75 Å². The van der Waals surface area contributed by atoms with Crippen molar-refractivity contribution in [3.63, 3.8) is 0 Å². The summed E-state index contributed by atoms with van der Waals surface area (Å²) in [6, 6.07) is 15.0. The minimum atomic E-state index is -5.61. The van der Waals surface area contributed by atoms with Crippen molar-refractivity contribution in [3.05, 3.63) is 72.4 Å². The van der Waals surface area contributed by atoms with Gasteiger partial charge in [-0.1, -0.05) is 30.3 Å². The second kappa shape index (κ2) is 7.79. The number of anilines is 1. The molecule has 0 atom stereocenters. The van der Waals surface area contributed by atoms with Crippen LogP contribution in [0.5, 0.6) is 5.75 Å². The summed E-state index contributed by atoms with van der Waals surface area (Å²) in [6.07, 6.45) is 1.52. The Morgan fingerprint density at radius 1 is 1.00 bits per heavy atom. The zero-order chi connectivity index (χ0) is 23.1. The smallest absolute Gasteiger partial charge is 0.495 e. The molecule has 6 nitrogen and oxygen atoms in total. The third-order valence-electron chi connectivity index (χ3n) is 4.89. The number of carbonyl (C=O) groups is 1. The van der Waals surface area contributed by atoms with Crippen molar-refractivity contribution in [2.45, 2.75) is 10.4 Å². The largest absolute Gasteiger partial charge is 0.501 e. The topological polar surface area (TPSA) is 85.4 Å². The molecule has 0 aliphatic rings. The molecular formula is C22H15F3N2O4S. The van der Waals surface area contributed by atoms with Crippen LogP contribution in [0, 0.1) is 0 Å². The van der Waals surface area contributed by atoms with Gasteiger partial charge in [0.2, 0.25) is 0 Å². The summed E-state index contributed by atoms with van der Waals surface area (Å²) in [5.41, 5.74) is -5.14. The molecule has 1 amide bonds. The molecule has 0 radical (unpaired) electrons. The van der Waals surface area contributed by atoms with E-state index in [0.29, 0.717) is 5.52 Å². The molecule has 0 spiro atoms. The number of hydrogen-bond acceptors (Lipinski definition) is 5. The quantitative estimate of drug-likeness (QED) is 0.436. The van der Waals surface area contributed by atoms with Crippen LogP contribution in [-0.2, 0) is 9.84 Å². The zero-order valence-corrected chi connectivity index (χ0v) is 17.3. The van der Waals surface area contributed by atoms with Crippen LogP contribution in [0.2, 0.25) is 0 Å². The van der Waals surface area contributed by atoms with Crippen molar-refractivity contribution in [2.75, 3.05) is 12.4 Å². The minimum Gasteiger partial charge on any atom is -0.495 e. The molecule has 0 unspecified atom stereocenters. The molecule has 0 saturated carbocycles. The third-order valence-corrected chi connectivity index (χ3v) is 6.38. The van der Waals surface area contributed by atoms with E-state index in [9.17, 15) is 26.4 Å². The van der Waals surface area contributed by atoms with Gasteiger partial charge in [-0.2, -0.15) is 13.2 Å². The Hall–Kier alpha value is -3.66. The molecule has 10 heteroatoms. The summed E-state index contributed by atoms with van der Waals surface area (Å²) in [7, 11) is -4.36. The van der Waals surface area contributed by atoms with Gasteiger partial charge in [-0.3, -0.25) is 9.78 Å². The fourth-order valence-electron chi connectivity index (χ4n) is 3.38. The first kappa shape index (κ1) is 21.6. The van der Waals surface area contributed by atoms with Crippen molar-refractivity contribution in [2.24, 2.45) is 0 Å². The number of aromatic nitrogens is 1. The number of sulfone groups is 1. The van der Waals surface area contributed by atoms with E-state index in [0.717, 1.165) is 34.4 Å². The van der Waals surface area contributed by atoms with E-state index >= 15 is 0 Å². The summed E-state index contributed by atoms with van der Waals surface area (Å²) in [4.78, 5) is 16.4. The van der Waals surface area contributed by atoms with Gasteiger partial charge in [0, 0.05) is 11.6 Å². The number of pyridine rings is 1. The number of halogens is 3. The maximum Gasteiger partial charge on any atom is 0.501 e. The normalized spacial score (nSPS) is 12.1. The van der Waals surface area contributed by atoms with E-state index in [4.69, 9.17) is 4.74 Å². The molecule has 1 heterocycles. The van der Waals surface area contributed by atoms with Crippen LogP contribution in [0.15, 0.2) is 71.8 Å². The number of hydrogen-bond donors (Lipinski definition) is 1. The van der Waals surface area contributed by atoms with Crippen molar-refractivity contribution in [1.82, 2.24) is 4.98 Å². The maximum absolute atomic E-state index is 13.1. The first-order valence-electron chi connectivity index (χ1n) is 9.20. The van der Waals surface area contributed by atoms with E-state index in [1.54, 1.807) is 24.3 Å². The number of alkyl halides is 3. The monoisotopic (exact) mass is 460 g/mol. The molecule has 0 fully saturated rings. The summed E-state index contributed by atoms with van der Waals surface area (Å²) < 4.78 is 67.6. The molecular weight excluding hydrogens is 445 g/mol. The lowest BCUT2D eigenvalue weighted by Gasteiger charge is -2.14. The maximum atomic E-state index is 13.1. The van der Waals surface area contributed by atoms with Gasteiger partial charge in [-0.15, -0.1) is 0 Å². The molecule has 0 aliphatic carbocycles. The molecule has 164 valence electrons. The number of carbonyl (C=O) groups excluding carboxylic acids is 1. The number of nitrogens with one attached hydrogen (secondary N) is 1. The van der Waals surface area contributed by atoms with Crippen LogP contribution in [0.3, 0.4) is 0 Å². The van der Waals surface area contributed by atoms with Crippen LogP contribution < -0.4 is 10.1 Å². The van der Waals surface area contributed by atoms with Crippen LogP contribution in [-0.4, -0.2) is 31.9 Å². The SMILES string of the molecule is COc1ccc(S(=O)(=O)C(F)(F)F)cc1NC(=O)c1cc2ccccc2c2cccnc12. The molecule has 4 aromatic rings. The van der Waals surface area contributed by atoms with Gasteiger partial charge in [0.05, 0.1) is 28.8 Å². The van der Waals surface area contributed by atoms with Gasteiger partial charge in [-0.25, -0.2) is 8.42 Å². The highest BCUT2D eigenvalue weighted by Crippen LogP contribution is 2.35. The first-order chi connectivity index (χ1) is 15.1. The summed E-state index contributed by atoms with van der Waals surface area (Å²) in [5, 5.41) is 4.82. The van der Waals surface area contributed by atoms with E-state index in [1.165, 1.54) is 13.3 Å². The summed E-state index contributed by atoms with van der Waals surface area (Å²) in [5.74, 6) is -0.683. The number of fused-ring (bicyclic) bond motifs is 3. The van der Waals surface area contributed by atoms with Gasteiger partial charge < -0.3 is 10.1 Å². The van der Waals surface area contributed by atoms with Crippen LogP contribution in [0.4, 0.5) is 18.9 Å². The molecule has 1 N–H and O–H groups in total. The van der Waals surface area contributed by atoms with Crippen LogP contribution in [0.1, 0.15) is 10.4 Å². The highest BCUT2D eigenvalue weighted by atomic mass is 32.2. The average molecular weight is 460 g/mol. The minimum absolute atomic E-state index is 0.00229. The Labute approximate surface area is 180 Å². The highest BCUT2D eigenvalue weighted by Gasteiger charge is 2.47. The number of methoxy groups -OCH3 is 1. The Morgan fingerprint density at radius 3 is 2.44 bits per heavy atom. The van der Waals surface area contributed by atoms with Crippen molar-refractivity contribution < 1.29 is 31.1 Å². The predicted molar refractivity (Wildman–Crippen MR) is 113 cm³/mol.